The van der Waals surface area contributed by atoms with Gasteiger partial charge in [0.1, 0.15) is 11.4 Å². The summed E-state index contributed by atoms with van der Waals surface area (Å²) in [6, 6.07) is 7.32. The van der Waals surface area contributed by atoms with Gasteiger partial charge in [-0.25, -0.2) is 24.5 Å². The van der Waals surface area contributed by atoms with E-state index in [0.29, 0.717) is 36.7 Å². The molecule has 43 heavy (non-hydrogen) atoms. The number of nitrogens with zero attached hydrogens (tertiary/aromatic N) is 7. The molecule has 0 saturated carbocycles. The summed E-state index contributed by atoms with van der Waals surface area (Å²) < 4.78 is 8.66. The van der Waals surface area contributed by atoms with Gasteiger partial charge in [-0.1, -0.05) is 20.8 Å². The summed E-state index contributed by atoms with van der Waals surface area (Å²) in [6.45, 7) is 15.0. The van der Waals surface area contributed by atoms with Crippen molar-refractivity contribution in [3.63, 3.8) is 0 Å². The molecular weight excluding hydrogens is 566 g/mol. The topological polar surface area (TPSA) is 116 Å². The molecule has 0 radical (unpaired) electrons. The quantitative estimate of drug-likeness (QED) is 0.276. The molecule has 2 aliphatic heterocycles. The van der Waals surface area contributed by atoms with Crippen LogP contribution in [0.15, 0.2) is 30.5 Å². The van der Waals surface area contributed by atoms with Crippen LogP contribution in [0.1, 0.15) is 65.0 Å². The van der Waals surface area contributed by atoms with Gasteiger partial charge in [-0.05, 0) is 70.6 Å². The van der Waals surface area contributed by atoms with Gasteiger partial charge in [0.25, 0.3) is 0 Å². The van der Waals surface area contributed by atoms with Crippen molar-refractivity contribution in [1.29, 1.82) is 0 Å². The van der Waals surface area contributed by atoms with Crippen molar-refractivity contribution in [3.8, 4) is 0 Å². The first kappa shape index (κ1) is 29.2. The number of anilines is 3. The zero-order chi connectivity index (χ0) is 30.8. The van der Waals surface area contributed by atoms with E-state index in [-0.39, 0.29) is 17.5 Å². The molecule has 0 spiro atoms. The molecule has 1 fully saturated rings. The van der Waals surface area contributed by atoms with Crippen LogP contribution in [0.5, 0.6) is 0 Å². The van der Waals surface area contributed by atoms with Crippen molar-refractivity contribution in [3.05, 3.63) is 41.0 Å². The number of hydrogen-bond donors (Lipinski definition) is 1. The van der Waals surface area contributed by atoms with Gasteiger partial charge in [-0.3, -0.25) is 0 Å². The first-order valence-electron chi connectivity index (χ1n) is 14.8. The molecule has 11 nitrogen and oxygen atoms in total. The summed E-state index contributed by atoms with van der Waals surface area (Å²) in [7, 11) is 0. The number of hydrogen-bond acceptors (Lipinski definition) is 8. The summed E-state index contributed by atoms with van der Waals surface area (Å²) >= 11 is 1.57. The Morgan fingerprint density at radius 2 is 1.86 bits per heavy atom. The Hall–Kier alpha value is -3.93. The second-order valence-corrected chi connectivity index (χ2v) is 14.7. The van der Waals surface area contributed by atoms with Crippen LogP contribution in [-0.2, 0) is 11.2 Å². The van der Waals surface area contributed by atoms with E-state index in [9.17, 15) is 14.7 Å². The van der Waals surface area contributed by atoms with Crippen LogP contribution >= 0.6 is 11.3 Å². The Labute approximate surface area is 255 Å². The lowest BCUT2D eigenvalue weighted by Crippen LogP contribution is -2.61. The van der Waals surface area contributed by atoms with Crippen LogP contribution in [0.4, 0.5) is 26.9 Å². The maximum atomic E-state index is 14.1. The number of aromatic nitrogens is 4. The lowest BCUT2D eigenvalue weighted by molar-refractivity contribution is 0.0454. The predicted octanol–water partition coefficient (Wildman–Crippen LogP) is 6.64. The van der Waals surface area contributed by atoms with Crippen LogP contribution in [0.3, 0.4) is 0 Å². The molecule has 2 aliphatic rings. The lowest BCUT2D eigenvalue weighted by Gasteiger charge is -2.50. The van der Waals surface area contributed by atoms with Crippen molar-refractivity contribution in [2.75, 3.05) is 22.9 Å². The fourth-order valence-corrected chi connectivity index (χ4v) is 7.51. The van der Waals surface area contributed by atoms with Crippen LogP contribution in [-0.4, -0.2) is 72.5 Å². The molecule has 1 aromatic carbocycles. The van der Waals surface area contributed by atoms with E-state index in [1.54, 1.807) is 31.8 Å². The van der Waals surface area contributed by atoms with E-state index in [2.05, 4.69) is 35.8 Å². The fourth-order valence-electron chi connectivity index (χ4n) is 6.65. The minimum atomic E-state index is -0.895. The van der Waals surface area contributed by atoms with Gasteiger partial charge in [0.05, 0.1) is 39.2 Å². The molecule has 1 unspecified atom stereocenters. The number of aryl methyl sites for hydroxylation is 1. The van der Waals surface area contributed by atoms with Crippen molar-refractivity contribution >= 4 is 56.7 Å². The maximum Gasteiger partial charge on any atom is 0.420 e. The SMILES string of the molecule is Cc1nc2ccc(N(C(=O)OC(C)(C)C)c3c4c(nc5ccnn35)N(C3CCCN(C(=O)O)[C@H]3C(C)(C)C)CC4)cc2s1. The number of carbonyl (C=O) groups excluding carboxylic acids is 1. The summed E-state index contributed by atoms with van der Waals surface area (Å²) in [6.07, 6.45) is 2.51. The van der Waals surface area contributed by atoms with E-state index in [0.717, 1.165) is 39.4 Å². The second-order valence-electron chi connectivity index (χ2n) is 13.5. The summed E-state index contributed by atoms with van der Waals surface area (Å²) in [5.74, 6) is 1.35. The fraction of sp³-hybridized carbons (Fsp3) is 0.516. The molecule has 1 N–H and O–H groups in total. The number of carboxylic acid groups (broad SMARTS) is 1. The molecule has 0 aliphatic carbocycles. The predicted molar refractivity (Wildman–Crippen MR) is 168 cm³/mol. The maximum absolute atomic E-state index is 14.1. The first-order chi connectivity index (χ1) is 20.2. The molecule has 3 aromatic heterocycles. The third-order valence-corrected chi connectivity index (χ3v) is 9.05. The number of amides is 2. The van der Waals surface area contributed by atoms with Crippen LogP contribution in [0.25, 0.3) is 15.9 Å². The van der Waals surface area contributed by atoms with E-state index < -0.39 is 17.8 Å². The highest BCUT2D eigenvalue weighted by Crippen LogP contribution is 2.44. The minimum Gasteiger partial charge on any atom is -0.465 e. The van der Waals surface area contributed by atoms with Gasteiger partial charge >= 0.3 is 12.2 Å². The Morgan fingerprint density at radius 3 is 2.56 bits per heavy atom. The zero-order valence-corrected chi connectivity index (χ0v) is 26.6. The minimum absolute atomic E-state index is 0.0664. The van der Waals surface area contributed by atoms with Crippen molar-refractivity contribution < 1.29 is 19.4 Å². The number of piperidine rings is 1. The number of rotatable bonds is 3. The van der Waals surface area contributed by atoms with Gasteiger partial charge < -0.3 is 19.6 Å². The normalized spacial score (nSPS) is 19.2. The molecule has 1 saturated heterocycles. The Bertz CT molecular complexity index is 1720. The first-order valence-corrected chi connectivity index (χ1v) is 15.6. The highest BCUT2D eigenvalue weighted by Gasteiger charge is 2.47. The van der Waals surface area contributed by atoms with E-state index in [4.69, 9.17) is 9.72 Å². The molecule has 6 rings (SSSR count). The molecule has 5 heterocycles. The van der Waals surface area contributed by atoms with Crippen LogP contribution in [0.2, 0.25) is 0 Å². The molecule has 12 heteroatoms. The number of carbonyl (C=O) groups is 2. The van der Waals surface area contributed by atoms with Crippen LogP contribution < -0.4 is 9.80 Å². The third-order valence-electron chi connectivity index (χ3n) is 8.12. The van der Waals surface area contributed by atoms with Crippen molar-refractivity contribution in [1.82, 2.24) is 24.5 Å². The van der Waals surface area contributed by atoms with Gasteiger partial charge in [0.2, 0.25) is 0 Å². The molecule has 228 valence electrons. The highest BCUT2D eigenvalue weighted by molar-refractivity contribution is 7.18. The number of thiazole rings is 1. The van der Waals surface area contributed by atoms with E-state index >= 15 is 0 Å². The number of ether oxygens (including phenoxy) is 1. The number of fused-ring (bicyclic) bond motifs is 3. The van der Waals surface area contributed by atoms with Gasteiger partial charge in [-0.2, -0.15) is 9.61 Å². The molecule has 2 atom stereocenters. The average molecular weight is 606 g/mol. The molecule has 4 aromatic rings. The van der Waals surface area contributed by atoms with Crippen LogP contribution in [0, 0.1) is 12.3 Å². The smallest absolute Gasteiger partial charge is 0.420 e. The zero-order valence-electron chi connectivity index (χ0n) is 25.8. The molecule has 0 bridgehead atoms. The Morgan fingerprint density at radius 1 is 1.09 bits per heavy atom. The van der Waals surface area contributed by atoms with Gasteiger partial charge in [0, 0.05) is 24.7 Å². The average Bonchev–Trinajstić information content (AvgIpc) is 3.63. The molecular formula is C31H39N7O4S. The van der Waals surface area contributed by atoms with Crippen molar-refractivity contribution in [2.24, 2.45) is 5.41 Å². The number of benzene rings is 1. The number of likely N-dealkylation sites (tertiary alicyclic amines) is 1. The standard InChI is InChI=1S/C31H39N7O4S/c1-18-33-21-11-10-19(17-23(21)43-18)37(29(41)42-31(5,6)7)27-20-13-16-35(26(20)34-24-12-14-32-38(24)27)22-9-8-15-36(28(39)40)25(22)30(2,3)4/h10-12,14,17,22,25H,8-9,13,15-16H2,1-7H3,(H,39,40)/t22?,25-/m1/s1. The Balaban J connectivity index is 1.53. The lowest BCUT2D eigenvalue weighted by atomic mass is 9.77. The van der Waals surface area contributed by atoms with E-state index in [1.807, 2.05) is 52.0 Å². The second kappa shape index (κ2) is 10.4. The van der Waals surface area contributed by atoms with Gasteiger partial charge in [-0.15, -0.1) is 11.3 Å². The third kappa shape index (κ3) is 5.26. The summed E-state index contributed by atoms with van der Waals surface area (Å²) in [4.78, 5) is 41.6. The summed E-state index contributed by atoms with van der Waals surface area (Å²) in [5.41, 5.74) is 1.98. The largest absolute Gasteiger partial charge is 0.465 e. The summed E-state index contributed by atoms with van der Waals surface area (Å²) in [5, 5.41) is 15.7. The van der Waals surface area contributed by atoms with Crippen molar-refractivity contribution in [2.45, 2.75) is 85.4 Å². The monoisotopic (exact) mass is 605 g/mol. The highest BCUT2D eigenvalue weighted by atomic mass is 32.1. The molecule has 2 amide bonds. The van der Waals surface area contributed by atoms with Gasteiger partial charge in [0.15, 0.2) is 11.5 Å². The Kier molecular flexibility index (Phi) is 7.02. The van der Waals surface area contributed by atoms with E-state index in [1.165, 1.54) is 0 Å².